The fraction of sp³-hybridized carbons (Fsp3) is 0.105. The molecular weight excluding hydrogens is 292 g/mol. The topological polar surface area (TPSA) is 26.3 Å². The van der Waals surface area contributed by atoms with E-state index in [1.807, 2.05) is 36.4 Å². The highest BCUT2D eigenvalue weighted by Gasteiger charge is 2.11. The first kappa shape index (κ1) is 14.5. The van der Waals surface area contributed by atoms with Crippen molar-refractivity contribution in [3.05, 3.63) is 76.7 Å². The van der Waals surface area contributed by atoms with E-state index in [1.54, 1.807) is 0 Å². The summed E-state index contributed by atoms with van der Waals surface area (Å²) in [7, 11) is 1.41. The molecule has 1 aromatic heterocycles. The number of hydrogen-bond acceptors (Lipinski definition) is 3. The van der Waals surface area contributed by atoms with Gasteiger partial charge in [0, 0.05) is 4.70 Å². The number of allylic oxidation sites excluding steroid dienone is 1. The van der Waals surface area contributed by atoms with Gasteiger partial charge in [0.2, 0.25) is 0 Å². The third-order valence-electron chi connectivity index (χ3n) is 3.49. The lowest BCUT2D eigenvalue weighted by Gasteiger charge is -1.99. The van der Waals surface area contributed by atoms with Gasteiger partial charge in [-0.3, -0.25) is 0 Å². The minimum absolute atomic E-state index is 0.271. The zero-order valence-corrected chi connectivity index (χ0v) is 13.1. The second-order valence-electron chi connectivity index (χ2n) is 4.95. The van der Waals surface area contributed by atoms with E-state index in [4.69, 9.17) is 4.74 Å². The Morgan fingerprint density at radius 3 is 2.73 bits per heavy atom. The maximum Gasteiger partial charge on any atom is 0.348 e. The number of carbonyl (C=O) groups is 1. The van der Waals surface area contributed by atoms with Crippen LogP contribution < -0.4 is 0 Å². The van der Waals surface area contributed by atoms with Crippen LogP contribution in [0.3, 0.4) is 0 Å². The molecule has 0 spiro atoms. The van der Waals surface area contributed by atoms with Crippen LogP contribution in [0.2, 0.25) is 0 Å². The van der Waals surface area contributed by atoms with Crippen LogP contribution in [-0.2, 0) is 11.2 Å². The Morgan fingerprint density at radius 2 is 1.95 bits per heavy atom. The quantitative estimate of drug-likeness (QED) is 0.638. The average Bonchev–Trinajstić information content (AvgIpc) is 3.00. The van der Waals surface area contributed by atoms with Crippen molar-refractivity contribution in [1.29, 1.82) is 0 Å². The van der Waals surface area contributed by atoms with Crippen LogP contribution in [0.5, 0.6) is 0 Å². The number of esters is 1. The van der Waals surface area contributed by atoms with Crippen molar-refractivity contribution in [1.82, 2.24) is 0 Å². The third kappa shape index (κ3) is 3.10. The monoisotopic (exact) mass is 308 g/mol. The van der Waals surface area contributed by atoms with Crippen LogP contribution in [0.25, 0.3) is 16.2 Å². The Balaban J connectivity index is 1.86. The maximum atomic E-state index is 11.7. The largest absolute Gasteiger partial charge is 0.465 e. The summed E-state index contributed by atoms with van der Waals surface area (Å²) in [5.74, 6) is -0.271. The molecule has 22 heavy (non-hydrogen) atoms. The van der Waals surface area contributed by atoms with Gasteiger partial charge >= 0.3 is 5.97 Å². The van der Waals surface area contributed by atoms with Crippen molar-refractivity contribution in [3.63, 3.8) is 0 Å². The van der Waals surface area contributed by atoms with Crippen molar-refractivity contribution in [2.45, 2.75) is 6.42 Å². The number of carbonyl (C=O) groups excluding carboxylic acids is 1. The summed E-state index contributed by atoms with van der Waals surface area (Å²) in [6.07, 6.45) is 5.11. The summed E-state index contributed by atoms with van der Waals surface area (Å²) < 4.78 is 5.92. The molecule has 110 valence electrons. The van der Waals surface area contributed by atoms with Gasteiger partial charge in [0.15, 0.2) is 0 Å². The first-order valence-electron chi connectivity index (χ1n) is 7.09. The average molecular weight is 308 g/mol. The van der Waals surface area contributed by atoms with Crippen molar-refractivity contribution < 1.29 is 9.53 Å². The second kappa shape index (κ2) is 6.58. The van der Waals surface area contributed by atoms with Crippen molar-refractivity contribution in [2.24, 2.45) is 0 Å². The molecule has 0 unspecified atom stereocenters. The fourth-order valence-corrected chi connectivity index (χ4v) is 3.41. The van der Waals surface area contributed by atoms with Crippen LogP contribution in [0.1, 0.15) is 20.8 Å². The van der Waals surface area contributed by atoms with Crippen molar-refractivity contribution in [3.8, 4) is 0 Å². The summed E-state index contributed by atoms with van der Waals surface area (Å²) in [5, 5.41) is 1.13. The van der Waals surface area contributed by atoms with Gasteiger partial charge in [-0.05, 0) is 35.1 Å². The van der Waals surface area contributed by atoms with Crippen LogP contribution >= 0.6 is 11.3 Å². The van der Waals surface area contributed by atoms with E-state index in [2.05, 4.69) is 30.4 Å². The Labute approximate surface area is 133 Å². The number of benzene rings is 2. The molecule has 0 saturated heterocycles. The number of thiophene rings is 1. The van der Waals surface area contributed by atoms with E-state index in [1.165, 1.54) is 29.6 Å². The molecule has 3 aromatic rings. The van der Waals surface area contributed by atoms with Gasteiger partial charge in [-0.1, -0.05) is 54.6 Å². The maximum absolute atomic E-state index is 11.7. The molecule has 2 nitrogen and oxygen atoms in total. The van der Waals surface area contributed by atoms with E-state index in [-0.39, 0.29) is 5.97 Å². The number of methoxy groups -OCH3 is 1. The SMILES string of the molecule is COC(=O)c1cc2c(C/C=C/c3ccccc3)cccc2s1. The molecule has 0 amide bonds. The zero-order valence-electron chi connectivity index (χ0n) is 12.3. The fourth-order valence-electron chi connectivity index (χ4n) is 2.39. The molecule has 0 fully saturated rings. The molecule has 1 heterocycles. The molecule has 0 radical (unpaired) electrons. The first-order valence-corrected chi connectivity index (χ1v) is 7.91. The lowest BCUT2D eigenvalue weighted by molar-refractivity contribution is 0.0606. The van der Waals surface area contributed by atoms with E-state index in [9.17, 15) is 4.79 Å². The van der Waals surface area contributed by atoms with E-state index >= 15 is 0 Å². The highest BCUT2D eigenvalue weighted by atomic mass is 32.1. The van der Waals surface area contributed by atoms with Gasteiger partial charge in [0.1, 0.15) is 4.88 Å². The minimum atomic E-state index is -0.271. The molecule has 0 atom stereocenters. The van der Waals surface area contributed by atoms with Crippen molar-refractivity contribution in [2.75, 3.05) is 7.11 Å². The van der Waals surface area contributed by atoms with Gasteiger partial charge in [0.25, 0.3) is 0 Å². The Bertz CT molecular complexity index is 816. The lowest BCUT2D eigenvalue weighted by Crippen LogP contribution is -1.96. The number of hydrogen-bond donors (Lipinski definition) is 0. The summed E-state index contributed by atoms with van der Waals surface area (Å²) >= 11 is 1.48. The smallest absolute Gasteiger partial charge is 0.348 e. The predicted octanol–water partition coefficient (Wildman–Crippen LogP) is 4.94. The molecule has 0 saturated carbocycles. The van der Waals surface area contributed by atoms with Crippen LogP contribution in [-0.4, -0.2) is 13.1 Å². The summed E-state index contributed by atoms with van der Waals surface area (Å²) in [6, 6.07) is 18.3. The van der Waals surface area contributed by atoms with Crippen LogP contribution in [0.15, 0.2) is 60.7 Å². The number of ether oxygens (including phenoxy) is 1. The normalized spacial score (nSPS) is 11.1. The summed E-state index contributed by atoms with van der Waals surface area (Å²) in [6.45, 7) is 0. The van der Waals surface area contributed by atoms with E-state index in [0.29, 0.717) is 4.88 Å². The highest BCUT2D eigenvalue weighted by Crippen LogP contribution is 2.29. The van der Waals surface area contributed by atoms with E-state index in [0.717, 1.165) is 16.5 Å². The molecule has 0 aliphatic carbocycles. The molecular formula is C19H16O2S. The van der Waals surface area contributed by atoms with Crippen molar-refractivity contribution >= 4 is 33.5 Å². The van der Waals surface area contributed by atoms with Crippen LogP contribution in [0, 0.1) is 0 Å². The third-order valence-corrected chi connectivity index (χ3v) is 4.57. The summed E-state index contributed by atoms with van der Waals surface area (Å²) in [5.41, 5.74) is 2.41. The molecule has 0 aliphatic rings. The molecule has 2 aromatic carbocycles. The van der Waals surface area contributed by atoms with Gasteiger partial charge < -0.3 is 4.74 Å². The molecule has 0 bridgehead atoms. The highest BCUT2D eigenvalue weighted by molar-refractivity contribution is 7.20. The predicted molar refractivity (Wildman–Crippen MR) is 92.3 cm³/mol. The van der Waals surface area contributed by atoms with Gasteiger partial charge in [0.05, 0.1) is 7.11 Å². The zero-order chi connectivity index (χ0) is 15.4. The Hall–Kier alpha value is -2.39. The summed E-state index contributed by atoms with van der Waals surface area (Å²) in [4.78, 5) is 12.3. The number of rotatable bonds is 4. The van der Waals surface area contributed by atoms with Gasteiger partial charge in [-0.2, -0.15) is 0 Å². The Kier molecular flexibility index (Phi) is 4.35. The Morgan fingerprint density at radius 1 is 1.14 bits per heavy atom. The van der Waals surface area contributed by atoms with Gasteiger partial charge in [-0.15, -0.1) is 11.3 Å². The molecule has 3 rings (SSSR count). The second-order valence-corrected chi connectivity index (χ2v) is 6.03. The first-order chi connectivity index (χ1) is 10.8. The standard InChI is InChI=1S/C19H16O2S/c1-21-19(20)18-13-16-15(11-6-12-17(16)22-18)10-5-9-14-7-3-2-4-8-14/h2-9,11-13H,10H2,1H3/b9-5+. The minimum Gasteiger partial charge on any atom is -0.465 e. The van der Waals surface area contributed by atoms with E-state index < -0.39 is 0 Å². The van der Waals surface area contributed by atoms with Crippen LogP contribution in [0.4, 0.5) is 0 Å². The molecule has 0 aliphatic heterocycles. The number of fused-ring (bicyclic) bond motifs is 1. The molecule has 3 heteroatoms. The lowest BCUT2D eigenvalue weighted by atomic mass is 10.1. The van der Waals surface area contributed by atoms with Gasteiger partial charge in [-0.25, -0.2) is 4.79 Å². The molecule has 0 N–H and O–H groups in total.